The number of benzene rings is 1. The first-order valence-corrected chi connectivity index (χ1v) is 4.73. The molecule has 1 N–H and O–H groups in total. The summed E-state index contributed by atoms with van der Waals surface area (Å²) in [6, 6.07) is 2.94. The van der Waals surface area contributed by atoms with Crippen LogP contribution >= 0.6 is 0 Å². The summed E-state index contributed by atoms with van der Waals surface area (Å²) in [5.41, 5.74) is 1.23. The molecule has 1 aliphatic rings. The molecule has 0 aliphatic carbocycles. The molecule has 0 spiro atoms. The Hall–Kier alpha value is -1.58. The maximum absolute atomic E-state index is 13.2. The van der Waals surface area contributed by atoms with Crippen molar-refractivity contribution >= 4 is 5.97 Å². The van der Waals surface area contributed by atoms with Gasteiger partial charge in [-0.1, -0.05) is 6.07 Å². The number of rotatable bonds is 1. The van der Waals surface area contributed by atoms with E-state index >= 15 is 0 Å². The fourth-order valence-corrected chi connectivity index (χ4v) is 1.75. The monoisotopic (exact) mass is 210 g/mol. The van der Waals surface area contributed by atoms with E-state index in [0.717, 1.165) is 5.56 Å². The zero-order valence-electron chi connectivity index (χ0n) is 8.29. The molecule has 0 radical (unpaired) electrons. The molecule has 0 amide bonds. The Bertz CT molecular complexity index is 415. The normalized spacial score (nSPS) is 19.2. The summed E-state index contributed by atoms with van der Waals surface area (Å²) >= 11 is 0. The highest BCUT2D eigenvalue weighted by atomic mass is 19.1. The molecule has 0 bridgehead atoms. The Morgan fingerprint density at radius 3 is 3.00 bits per heavy atom. The minimum Gasteiger partial charge on any atom is -0.492 e. The van der Waals surface area contributed by atoms with Crippen molar-refractivity contribution in [2.45, 2.75) is 13.3 Å². The van der Waals surface area contributed by atoms with Crippen molar-refractivity contribution in [3.63, 3.8) is 0 Å². The number of carboxylic acids is 1. The van der Waals surface area contributed by atoms with Crippen LogP contribution in [-0.2, 0) is 11.2 Å². The van der Waals surface area contributed by atoms with Gasteiger partial charge in [0.05, 0.1) is 5.92 Å². The number of aliphatic carboxylic acids is 1. The van der Waals surface area contributed by atoms with Gasteiger partial charge in [0.2, 0.25) is 0 Å². The maximum atomic E-state index is 13.2. The first-order chi connectivity index (χ1) is 7.09. The average molecular weight is 210 g/mol. The summed E-state index contributed by atoms with van der Waals surface area (Å²) in [6.07, 6.45) is 0.409. The highest BCUT2D eigenvalue weighted by molar-refractivity contribution is 5.71. The molecule has 15 heavy (non-hydrogen) atoms. The van der Waals surface area contributed by atoms with E-state index in [1.807, 2.05) is 0 Å². The molecule has 1 atom stereocenters. The van der Waals surface area contributed by atoms with Crippen molar-refractivity contribution in [2.24, 2.45) is 5.92 Å². The molecule has 0 saturated carbocycles. The van der Waals surface area contributed by atoms with E-state index in [1.54, 1.807) is 13.0 Å². The van der Waals surface area contributed by atoms with Crippen LogP contribution in [-0.4, -0.2) is 17.7 Å². The van der Waals surface area contributed by atoms with Crippen LogP contribution in [0.15, 0.2) is 12.1 Å². The Kier molecular flexibility index (Phi) is 2.34. The minimum absolute atomic E-state index is 0.118. The molecule has 1 aromatic rings. The Morgan fingerprint density at radius 2 is 2.33 bits per heavy atom. The molecule has 4 heteroatoms. The highest BCUT2D eigenvalue weighted by Gasteiger charge is 2.27. The lowest BCUT2D eigenvalue weighted by Gasteiger charge is -2.24. The van der Waals surface area contributed by atoms with E-state index in [9.17, 15) is 9.18 Å². The molecular formula is C11H11FO3. The number of hydrogen-bond acceptors (Lipinski definition) is 2. The van der Waals surface area contributed by atoms with Crippen LogP contribution in [0.3, 0.4) is 0 Å². The SMILES string of the molecule is Cc1c(F)ccc2c1OC[C@@H](C(=O)O)C2. The van der Waals surface area contributed by atoms with Gasteiger partial charge in [0.15, 0.2) is 0 Å². The van der Waals surface area contributed by atoms with Gasteiger partial charge in [-0.2, -0.15) is 0 Å². The van der Waals surface area contributed by atoms with Gasteiger partial charge in [-0.25, -0.2) is 4.39 Å². The third-order valence-electron chi connectivity index (χ3n) is 2.67. The molecular weight excluding hydrogens is 199 g/mol. The van der Waals surface area contributed by atoms with Gasteiger partial charge in [-0.3, -0.25) is 4.79 Å². The van der Waals surface area contributed by atoms with Crippen molar-refractivity contribution in [2.75, 3.05) is 6.61 Å². The van der Waals surface area contributed by atoms with Crippen molar-refractivity contribution in [3.8, 4) is 5.75 Å². The summed E-state index contributed by atoms with van der Waals surface area (Å²) in [4.78, 5) is 10.8. The standard InChI is InChI=1S/C11H11FO3/c1-6-9(12)3-2-7-4-8(11(13)14)5-15-10(6)7/h2-3,8H,4-5H2,1H3,(H,13,14)/t8-/m0/s1. The van der Waals surface area contributed by atoms with Gasteiger partial charge < -0.3 is 9.84 Å². The number of fused-ring (bicyclic) bond motifs is 1. The van der Waals surface area contributed by atoms with Gasteiger partial charge in [0, 0.05) is 5.56 Å². The van der Waals surface area contributed by atoms with Gasteiger partial charge >= 0.3 is 5.97 Å². The molecule has 1 aromatic carbocycles. The highest BCUT2D eigenvalue weighted by Crippen LogP contribution is 2.32. The summed E-state index contributed by atoms with van der Waals surface area (Å²) in [5.74, 6) is -1.21. The lowest BCUT2D eigenvalue weighted by molar-refractivity contribution is -0.143. The quantitative estimate of drug-likeness (QED) is 0.768. The lowest BCUT2D eigenvalue weighted by atomic mass is 9.95. The van der Waals surface area contributed by atoms with Gasteiger partial charge in [-0.15, -0.1) is 0 Å². The zero-order valence-corrected chi connectivity index (χ0v) is 8.29. The second-order valence-electron chi connectivity index (χ2n) is 3.71. The van der Waals surface area contributed by atoms with Gasteiger partial charge in [0.25, 0.3) is 0 Å². The van der Waals surface area contributed by atoms with Crippen molar-refractivity contribution in [3.05, 3.63) is 29.1 Å². The molecule has 0 unspecified atom stereocenters. The predicted octanol–water partition coefficient (Wildman–Crippen LogP) is 1.77. The second-order valence-corrected chi connectivity index (χ2v) is 3.71. The van der Waals surface area contributed by atoms with Crippen LogP contribution in [0.2, 0.25) is 0 Å². The predicted molar refractivity (Wildman–Crippen MR) is 51.5 cm³/mol. The molecule has 0 aromatic heterocycles. The third kappa shape index (κ3) is 1.67. The zero-order chi connectivity index (χ0) is 11.0. The van der Waals surface area contributed by atoms with E-state index < -0.39 is 11.9 Å². The molecule has 1 aliphatic heterocycles. The second kappa shape index (κ2) is 3.53. The van der Waals surface area contributed by atoms with Crippen LogP contribution in [0.25, 0.3) is 0 Å². The number of halogens is 1. The largest absolute Gasteiger partial charge is 0.492 e. The molecule has 0 saturated heterocycles. The van der Waals surface area contributed by atoms with Gasteiger partial charge in [-0.05, 0) is 25.0 Å². The Labute approximate surface area is 86.5 Å². The molecule has 3 nitrogen and oxygen atoms in total. The van der Waals surface area contributed by atoms with Crippen LogP contribution < -0.4 is 4.74 Å². The number of carbonyl (C=O) groups is 1. The molecule has 0 fully saturated rings. The average Bonchev–Trinajstić information content (AvgIpc) is 2.23. The smallest absolute Gasteiger partial charge is 0.310 e. The van der Waals surface area contributed by atoms with E-state index in [0.29, 0.717) is 17.7 Å². The van der Waals surface area contributed by atoms with Crippen LogP contribution in [0.4, 0.5) is 4.39 Å². The molecule has 80 valence electrons. The lowest BCUT2D eigenvalue weighted by Crippen LogP contribution is -2.28. The Balaban J connectivity index is 2.36. The first kappa shape index (κ1) is 9.96. The number of ether oxygens (including phenoxy) is 1. The summed E-state index contributed by atoms with van der Waals surface area (Å²) < 4.78 is 18.5. The third-order valence-corrected chi connectivity index (χ3v) is 2.67. The fourth-order valence-electron chi connectivity index (χ4n) is 1.75. The van der Waals surface area contributed by atoms with Crippen molar-refractivity contribution < 1.29 is 19.0 Å². The Morgan fingerprint density at radius 1 is 1.60 bits per heavy atom. The number of hydrogen-bond donors (Lipinski definition) is 1. The van der Waals surface area contributed by atoms with Crippen LogP contribution in [0, 0.1) is 18.7 Å². The molecule has 1 heterocycles. The van der Waals surface area contributed by atoms with Crippen LogP contribution in [0.5, 0.6) is 5.75 Å². The maximum Gasteiger partial charge on any atom is 0.310 e. The van der Waals surface area contributed by atoms with E-state index in [2.05, 4.69) is 0 Å². The van der Waals surface area contributed by atoms with Crippen molar-refractivity contribution in [1.29, 1.82) is 0 Å². The van der Waals surface area contributed by atoms with Gasteiger partial charge in [0.1, 0.15) is 18.2 Å². The topological polar surface area (TPSA) is 46.5 Å². The first-order valence-electron chi connectivity index (χ1n) is 4.73. The van der Waals surface area contributed by atoms with E-state index in [4.69, 9.17) is 9.84 Å². The van der Waals surface area contributed by atoms with E-state index in [-0.39, 0.29) is 12.4 Å². The van der Waals surface area contributed by atoms with Crippen LogP contribution in [0.1, 0.15) is 11.1 Å². The van der Waals surface area contributed by atoms with Crippen molar-refractivity contribution in [1.82, 2.24) is 0 Å². The summed E-state index contributed by atoms with van der Waals surface area (Å²) in [6.45, 7) is 1.75. The summed E-state index contributed by atoms with van der Waals surface area (Å²) in [5, 5.41) is 8.83. The number of carboxylic acid groups (broad SMARTS) is 1. The minimum atomic E-state index is -0.873. The summed E-state index contributed by atoms with van der Waals surface area (Å²) in [7, 11) is 0. The fraction of sp³-hybridized carbons (Fsp3) is 0.364. The molecule has 2 rings (SSSR count). The van der Waals surface area contributed by atoms with E-state index in [1.165, 1.54) is 6.07 Å².